The number of halogens is 1. The molecule has 178 valence electrons. The molecule has 0 saturated heterocycles. The zero-order chi connectivity index (χ0) is 24.9. The van der Waals surface area contributed by atoms with Crippen LogP contribution in [0.25, 0.3) is 10.8 Å². The second-order valence-corrected chi connectivity index (χ2v) is 8.63. The van der Waals surface area contributed by atoms with E-state index in [2.05, 4.69) is 15.3 Å². The van der Waals surface area contributed by atoms with Crippen molar-refractivity contribution in [3.8, 4) is 0 Å². The molecule has 0 fully saturated rings. The van der Waals surface area contributed by atoms with Gasteiger partial charge in [-0.1, -0.05) is 54.1 Å². The first-order valence-electron chi connectivity index (χ1n) is 11.0. The van der Waals surface area contributed by atoms with Crippen LogP contribution in [0.3, 0.4) is 0 Å². The van der Waals surface area contributed by atoms with E-state index < -0.39 is 5.97 Å². The Morgan fingerprint density at radius 3 is 2.37 bits per heavy atom. The van der Waals surface area contributed by atoms with Gasteiger partial charge in [-0.05, 0) is 40.6 Å². The molecule has 0 aliphatic rings. The highest BCUT2D eigenvalue weighted by Gasteiger charge is 2.18. The fourth-order valence-corrected chi connectivity index (χ4v) is 3.98. The number of fused-ring (bicyclic) bond motifs is 1. The Labute approximate surface area is 208 Å². The number of amides is 1. The molecule has 0 aliphatic heterocycles. The quantitative estimate of drug-likeness (QED) is 0.294. The number of aromatic nitrogens is 2. The fourth-order valence-electron chi connectivity index (χ4n) is 3.73. The number of carbonyl (C=O) groups excluding carboxylic acids is 2. The van der Waals surface area contributed by atoms with E-state index in [0.29, 0.717) is 34.9 Å². The first kappa shape index (κ1) is 24.2. The highest BCUT2D eigenvalue weighted by molar-refractivity contribution is 6.30. The molecule has 0 bridgehead atoms. The second-order valence-electron chi connectivity index (χ2n) is 8.27. The number of hydrogen-bond acceptors (Lipinski definition) is 6. The molecular formula is C27H25ClN4O3. The summed E-state index contributed by atoms with van der Waals surface area (Å²) in [7, 11) is 4.99. The van der Waals surface area contributed by atoms with Crippen LogP contribution in [0.15, 0.2) is 66.7 Å². The minimum atomic E-state index is -0.410. The van der Waals surface area contributed by atoms with Crippen molar-refractivity contribution in [1.82, 2.24) is 9.97 Å². The molecule has 4 aromatic rings. The van der Waals surface area contributed by atoms with Gasteiger partial charge in [-0.3, -0.25) is 9.59 Å². The van der Waals surface area contributed by atoms with Crippen molar-refractivity contribution in [2.75, 3.05) is 31.4 Å². The van der Waals surface area contributed by atoms with Gasteiger partial charge in [-0.2, -0.15) is 0 Å². The molecule has 1 N–H and O–H groups in total. The number of anilines is 2. The predicted molar refractivity (Wildman–Crippen MR) is 138 cm³/mol. The first-order chi connectivity index (χ1) is 16.8. The van der Waals surface area contributed by atoms with Crippen molar-refractivity contribution in [1.29, 1.82) is 0 Å². The lowest BCUT2D eigenvalue weighted by atomic mass is 10.1. The van der Waals surface area contributed by atoms with Gasteiger partial charge in [0.1, 0.15) is 16.8 Å². The zero-order valence-corrected chi connectivity index (χ0v) is 20.5. The second kappa shape index (κ2) is 10.5. The third-order valence-electron chi connectivity index (χ3n) is 5.54. The Hall–Kier alpha value is -3.97. The van der Waals surface area contributed by atoms with E-state index in [1.165, 1.54) is 7.11 Å². The van der Waals surface area contributed by atoms with Crippen molar-refractivity contribution in [2.24, 2.45) is 0 Å². The van der Waals surface area contributed by atoms with Gasteiger partial charge < -0.3 is 15.0 Å². The average Bonchev–Trinajstić information content (AvgIpc) is 2.86. The Kier molecular flexibility index (Phi) is 7.27. The minimum absolute atomic E-state index is 0.00523. The fraction of sp³-hybridized carbons (Fsp3) is 0.185. The van der Waals surface area contributed by atoms with Crippen LogP contribution in [0.2, 0.25) is 5.15 Å². The smallest absolute Gasteiger partial charge is 0.310 e. The van der Waals surface area contributed by atoms with Gasteiger partial charge in [0.2, 0.25) is 0 Å². The summed E-state index contributed by atoms with van der Waals surface area (Å²) in [4.78, 5) is 35.3. The van der Waals surface area contributed by atoms with Gasteiger partial charge in [0.05, 0.1) is 13.5 Å². The number of benzene rings is 3. The Balaban J connectivity index is 1.47. The van der Waals surface area contributed by atoms with Gasteiger partial charge in [-0.15, -0.1) is 0 Å². The minimum Gasteiger partial charge on any atom is -0.469 e. The topological polar surface area (TPSA) is 84.4 Å². The van der Waals surface area contributed by atoms with Crippen LogP contribution in [0.5, 0.6) is 0 Å². The molecule has 3 aromatic carbocycles. The van der Waals surface area contributed by atoms with E-state index in [9.17, 15) is 9.59 Å². The van der Waals surface area contributed by atoms with Crippen LogP contribution in [0.4, 0.5) is 11.5 Å². The van der Waals surface area contributed by atoms with Crippen LogP contribution < -0.4 is 10.2 Å². The lowest BCUT2D eigenvalue weighted by Gasteiger charge is -2.18. The van der Waals surface area contributed by atoms with Crippen molar-refractivity contribution in [2.45, 2.75) is 12.8 Å². The summed E-state index contributed by atoms with van der Waals surface area (Å²) < 4.78 is 4.75. The van der Waals surface area contributed by atoms with Gasteiger partial charge in [0.25, 0.3) is 5.91 Å². The SMILES string of the molecule is COC(=O)Cc1c(Cl)nc(Cc2ccc(NC(=O)c3ccc4ccccc4c3)cc2)nc1N(C)C. The maximum atomic E-state index is 12.7. The maximum absolute atomic E-state index is 12.7. The average molecular weight is 489 g/mol. The molecule has 0 radical (unpaired) electrons. The van der Waals surface area contributed by atoms with Crippen LogP contribution in [0.1, 0.15) is 27.3 Å². The highest BCUT2D eigenvalue weighted by atomic mass is 35.5. The lowest BCUT2D eigenvalue weighted by Crippen LogP contribution is -2.18. The molecule has 0 aliphatic carbocycles. The normalized spacial score (nSPS) is 10.7. The molecule has 0 unspecified atom stereocenters. The number of nitrogens with zero attached hydrogens (tertiary/aromatic N) is 3. The third kappa shape index (κ3) is 5.75. The largest absolute Gasteiger partial charge is 0.469 e. The molecule has 1 heterocycles. The van der Waals surface area contributed by atoms with E-state index in [-0.39, 0.29) is 17.5 Å². The van der Waals surface area contributed by atoms with E-state index in [1.807, 2.05) is 80.8 Å². The van der Waals surface area contributed by atoms with E-state index in [4.69, 9.17) is 16.3 Å². The first-order valence-corrected chi connectivity index (χ1v) is 11.4. The van der Waals surface area contributed by atoms with Crippen molar-refractivity contribution in [3.63, 3.8) is 0 Å². The Morgan fingerprint density at radius 2 is 1.69 bits per heavy atom. The third-order valence-corrected chi connectivity index (χ3v) is 5.85. The van der Waals surface area contributed by atoms with Crippen LogP contribution in [0, 0.1) is 0 Å². The summed E-state index contributed by atoms with van der Waals surface area (Å²) in [6, 6.07) is 21.1. The highest BCUT2D eigenvalue weighted by Crippen LogP contribution is 2.25. The molecule has 1 aromatic heterocycles. The molecule has 0 atom stereocenters. The summed E-state index contributed by atoms with van der Waals surface area (Å²) in [5, 5.41) is 5.27. The standard InChI is InChI=1S/C27H25ClN4O3/c1-32(2)26-22(16-24(33)35-3)25(28)30-23(31-26)14-17-8-12-21(13-9-17)29-27(34)20-11-10-18-6-4-5-7-19(18)15-20/h4-13,15H,14,16H2,1-3H3,(H,29,34). The van der Waals surface area contributed by atoms with Crippen molar-refractivity contribution >= 4 is 45.8 Å². The number of nitrogens with one attached hydrogen (secondary N) is 1. The van der Waals surface area contributed by atoms with Gasteiger partial charge in [-0.25, -0.2) is 9.97 Å². The molecular weight excluding hydrogens is 464 g/mol. The molecule has 4 rings (SSSR count). The van der Waals surface area contributed by atoms with Gasteiger partial charge in [0.15, 0.2) is 0 Å². The summed E-state index contributed by atoms with van der Waals surface area (Å²) in [5.74, 6) is 0.521. The predicted octanol–water partition coefficient (Wildman–Crippen LogP) is 4.91. The molecule has 0 spiro atoms. The summed E-state index contributed by atoms with van der Waals surface area (Å²) in [5.41, 5.74) is 2.77. The molecule has 0 saturated carbocycles. The van der Waals surface area contributed by atoms with Crippen LogP contribution in [-0.2, 0) is 22.4 Å². The summed E-state index contributed by atoms with van der Waals surface area (Å²) in [6.45, 7) is 0. The van der Waals surface area contributed by atoms with Gasteiger partial charge >= 0.3 is 5.97 Å². The molecule has 8 heteroatoms. The van der Waals surface area contributed by atoms with Crippen LogP contribution >= 0.6 is 11.6 Å². The Bertz CT molecular complexity index is 1390. The van der Waals surface area contributed by atoms with Crippen LogP contribution in [-0.4, -0.2) is 43.0 Å². The maximum Gasteiger partial charge on any atom is 0.310 e. The summed E-state index contributed by atoms with van der Waals surface area (Å²) >= 11 is 6.39. The summed E-state index contributed by atoms with van der Waals surface area (Å²) in [6.07, 6.45) is 0.437. The number of hydrogen-bond donors (Lipinski definition) is 1. The van der Waals surface area contributed by atoms with Crippen molar-refractivity contribution in [3.05, 3.63) is 94.4 Å². The molecule has 1 amide bonds. The van der Waals surface area contributed by atoms with E-state index in [0.717, 1.165) is 16.3 Å². The molecule has 7 nitrogen and oxygen atoms in total. The number of esters is 1. The number of rotatable bonds is 7. The number of carbonyl (C=O) groups is 2. The van der Waals surface area contributed by atoms with Gasteiger partial charge in [0, 0.05) is 37.3 Å². The lowest BCUT2D eigenvalue weighted by molar-refractivity contribution is -0.139. The number of methoxy groups -OCH3 is 1. The van der Waals surface area contributed by atoms with E-state index in [1.54, 1.807) is 4.90 Å². The molecule has 35 heavy (non-hydrogen) atoms. The zero-order valence-electron chi connectivity index (χ0n) is 19.7. The van der Waals surface area contributed by atoms with E-state index >= 15 is 0 Å². The number of ether oxygens (including phenoxy) is 1. The van der Waals surface area contributed by atoms with Crippen molar-refractivity contribution < 1.29 is 14.3 Å². The Morgan fingerprint density at radius 1 is 0.971 bits per heavy atom. The monoisotopic (exact) mass is 488 g/mol.